The van der Waals surface area contributed by atoms with E-state index in [0.29, 0.717) is 33.6 Å². The second-order valence-corrected chi connectivity index (χ2v) is 4.93. The molecule has 2 N–H and O–H groups in total. The highest BCUT2D eigenvalue weighted by Crippen LogP contribution is 2.38. The third-order valence-corrected chi connectivity index (χ3v) is 3.31. The van der Waals surface area contributed by atoms with Crippen LogP contribution in [0, 0.1) is 0 Å². The highest BCUT2D eigenvalue weighted by Gasteiger charge is 2.16. The molecule has 2 rings (SSSR count). The lowest BCUT2D eigenvalue weighted by Gasteiger charge is -2.16. The van der Waals surface area contributed by atoms with Crippen molar-refractivity contribution in [2.75, 3.05) is 32.0 Å². The summed E-state index contributed by atoms with van der Waals surface area (Å²) in [5.74, 6) is 1.40. The summed E-state index contributed by atoms with van der Waals surface area (Å²) in [6, 6.07) is 9.64. The lowest BCUT2D eigenvalue weighted by molar-refractivity contribution is 0.262. The lowest BCUT2D eigenvalue weighted by Crippen LogP contribution is -2.20. The number of rotatable bonds is 5. The summed E-state index contributed by atoms with van der Waals surface area (Å²) in [5, 5.41) is 6.00. The fourth-order valence-corrected chi connectivity index (χ4v) is 2.06. The summed E-state index contributed by atoms with van der Waals surface area (Å²) in [7, 11) is 4.53. The minimum atomic E-state index is -0.436. The number of ether oxygens (including phenoxy) is 3. The van der Waals surface area contributed by atoms with Gasteiger partial charge < -0.3 is 24.8 Å². The maximum atomic E-state index is 12.2. The SMILES string of the molecule is COc1cc(OC)c(NC(=O)Nc2ccc(Cl)cc2)c(OC)c1. The maximum Gasteiger partial charge on any atom is 0.323 e. The van der Waals surface area contributed by atoms with Gasteiger partial charge in [0, 0.05) is 22.8 Å². The third kappa shape index (κ3) is 4.20. The summed E-state index contributed by atoms with van der Waals surface area (Å²) in [4.78, 5) is 12.2. The fraction of sp³-hybridized carbons (Fsp3) is 0.188. The van der Waals surface area contributed by atoms with E-state index in [1.165, 1.54) is 21.3 Å². The first-order valence-electron chi connectivity index (χ1n) is 6.71. The van der Waals surface area contributed by atoms with Crippen LogP contribution in [0.2, 0.25) is 5.02 Å². The van der Waals surface area contributed by atoms with Crippen LogP contribution < -0.4 is 24.8 Å². The Labute approximate surface area is 139 Å². The number of carbonyl (C=O) groups is 1. The average Bonchev–Trinajstić information content (AvgIpc) is 2.56. The number of amides is 2. The Bertz CT molecular complexity index is 664. The number of carbonyl (C=O) groups excluding carboxylic acids is 1. The molecule has 0 saturated carbocycles. The lowest BCUT2D eigenvalue weighted by atomic mass is 10.2. The molecule has 0 radical (unpaired) electrons. The number of hydrogen-bond acceptors (Lipinski definition) is 4. The third-order valence-electron chi connectivity index (χ3n) is 3.06. The van der Waals surface area contributed by atoms with Crippen molar-refractivity contribution in [1.29, 1.82) is 0 Å². The van der Waals surface area contributed by atoms with Crippen molar-refractivity contribution >= 4 is 29.0 Å². The van der Waals surface area contributed by atoms with Crippen molar-refractivity contribution in [3.05, 3.63) is 41.4 Å². The first kappa shape index (κ1) is 16.8. The van der Waals surface area contributed by atoms with Crippen molar-refractivity contribution in [3.63, 3.8) is 0 Å². The summed E-state index contributed by atoms with van der Waals surface area (Å²) < 4.78 is 15.7. The van der Waals surface area contributed by atoms with Crippen LogP contribution >= 0.6 is 11.6 Å². The van der Waals surface area contributed by atoms with E-state index in [4.69, 9.17) is 25.8 Å². The first-order chi connectivity index (χ1) is 11.1. The van der Waals surface area contributed by atoms with Gasteiger partial charge in [0.25, 0.3) is 0 Å². The second kappa shape index (κ2) is 7.60. The molecule has 6 nitrogen and oxygen atoms in total. The molecular formula is C16H17ClN2O4. The Morgan fingerprint density at radius 1 is 0.913 bits per heavy atom. The quantitative estimate of drug-likeness (QED) is 0.865. The Morgan fingerprint density at radius 2 is 1.48 bits per heavy atom. The Kier molecular flexibility index (Phi) is 5.54. The van der Waals surface area contributed by atoms with E-state index in [9.17, 15) is 4.79 Å². The van der Waals surface area contributed by atoms with Gasteiger partial charge >= 0.3 is 6.03 Å². The summed E-state index contributed by atoms with van der Waals surface area (Å²) in [5.41, 5.74) is 1.01. The van der Waals surface area contributed by atoms with Crippen LogP contribution in [0.3, 0.4) is 0 Å². The minimum Gasteiger partial charge on any atom is -0.496 e. The van der Waals surface area contributed by atoms with Crippen LogP contribution in [0.25, 0.3) is 0 Å². The number of urea groups is 1. The largest absolute Gasteiger partial charge is 0.496 e. The van der Waals surface area contributed by atoms with Crippen LogP contribution in [0.1, 0.15) is 0 Å². The van der Waals surface area contributed by atoms with E-state index in [2.05, 4.69) is 10.6 Å². The molecule has 0 aromatic heterocycles. The molecule has 0 atom stereocenters. The predicted molar refractivity (Wildman–Crippen MR) is 90.2 cm³/mol. The molecule has 0 heterocycles. The monoisotopic (exact) mass is 336 g/mol. The molecule has 0 unspecified atom stereocenters. The molecule has 122 valence electrons. The van der Waals surface area contributed by atoms with Crippen molar-refractivity contribution in [2.45, 2.75) is 0 Å². The molecule has 2 aromatic rings. The molecule has 0 bridgehead atoms. The smallest absolute Gasteiger partial charge is 0.323 e. The van der Waals surface area contributed by atoms with Crippen molar-refractivity contribution in [3.8, 4) is 17.2 Å². The van der Waals surface area contributed by atoms with Gasteiger partial charge in [-0.2, -0.15) is 0 Å². The standard InChI is InChI=1S/C16H17ClN2O4/c1-21-12-8-13(22-2)15(14(9-12)23-3)19-16(20)18-11-6-4-10(17)5-7-11/h4-9H,1-3H3,(H2,18,19,20). The van der Waals surface area contributed by atoms with Gasteiger partial charge in [-0.15, -0.1) is 0 Å². The van der Waals surface area contributed by atoms with E-state index >= 15 is 0 Å². The number of nitrogens with one attached hydrogen (secondary N) is 2. The number of anilines is 2. The molecule has 0 aliphatic heterocycles. The molecule has 23 heavy (non-hydrogen) atoms. The second-order valence-electron chi connectivity index (χ2n) is 4.49. The van der Waals surface area contributed by atoms with E-state index in [-0.39, 0.29) is 0 Å². The number of methoxy groups -OCH3 is 3. The molecule has 2 amide bonds. The van der Waals surface area contributed by atoms with Crippen molar-refractivity contribution in [1.82, 2.24) is 0 Å². The van der Waals surface area contributed by atoms with Gasteiger partial charge in [-0.3, -0.25) is 0 Å². The highest BCUT2D eigenvalue weighted by atomic mass is 35.5. The Hall–Kier alpha value is -2.60. The summed E-state index contributed by atoms with van der Waals surface area (Å²) in [6.07, 6.45) is 0. The summed E-state index contributed by atoms with van der Waals surface area (Å²) >= 11 is 5.81. The normalized spacial score (nSPS) is 9.91. The molecule has 0 saturated heterocycles. The first-order valence-corrected chi connectivity index (χ1v) is 7.08. The van der Waals surface area contributed by atoms with Gasteiger partial charge in [-0.25, -0.2) is 4.79 Å². The van der Waals surface area contributed by atoms with Gasteiger partial charge in [-0.1, -0.05) is 11.6 Å². The maximum absolute atomic E-state index is 12.2. The van der Waals surface area contributed by atoms with E-state index in [1.54, 1.807) is 36.4 Å². The zero-order chi connectivity index (χ0) is 16.8. The molecule has 0 fully saturated rings. The molecule has 0 aliphatic rings. The zero-order valence-electron chi connectivity index (χ0n) is 13.0. The van der Waals surface area contributed by atoms with Gasteiger partial charge in [0.1, 0.15) is 22.9 Å². The zero-order valence-corrected chi connectivity index (χ0v) is 13.7. The molecule has 0 spiro atoms. The Balaban J connectivity index is 2.20. The van der Waals surface area contributed by atoms with Gasteiger partial charge in [0.15, 0.2) is 0 Å². The fourth-order valence-electron chi connectivity index (χ4n) is 1.94. The Morgan fingerprint density at radius 3 is 1.96 bits per heavy atom. The van der Waals surface area contributed by atoms with E-state index < -0.39 is 6.03 Å². The van der Waals surface area contributed by atoms with Crippen LogP contribution in [0.15, 0.2) is 36.4 Å². The molecule has 0 aliphatic carbocycles. The molecule has 7 heteroatoms. The van der Waals surface area contributed by atoms with Gasteiger partial charge in [0.2, 0.25) is 0 Å². The van der Waals surface area contributed by atoms with Crippen molar-refractivity contribution in [2.24, 2.45) is 0 Å². The summed E-state index contributed by atoms with van der Waals surface area (Å²) in [6.45, 7) is 0. The van der Waals surface area contributed by atoms with Gasteiger partial charge in [-0.05, 0) is 24.3 Å². The van der Waals surface area contributed by atoms with Gasteiger partial charge in [0.05, 0.1) is 21.3 Å². The van der Waals surface area contributed by atoms with E-state index in [1.807, 2.05) is 0 Å². The molecular weight excluding hydrogens is 320 g/mol. The minimum absolute atomic E-state index is 0.405. The molecule has 2 aromatic carbocycles. The van der Waals surface area contributed by atoms with Crippen molar-refractivity contribution < 1.29 is 19.0 Å². The van der Waals surface area contributed by atoms with Crippen LogP contribution in [0.5, 0.6) is 17.2 Å². The van der Waals surface area contributed by atoms with Crippen LogP contribution in [-0.2, 0) is 0 Å². The number of benzene rings is 2. The number of halogens is 1. The van der Waals surface area contributed by atoms with Crippen LogP contribution in [-0.4, -0.2) is 27.4 Å². The topological polar surface area (TPSA) is 68.8 Å². The predicted octanol–water partition coefficient (Wildman–Crippen LogP) is 4.01. The average molecular weight is 337 g/mol. The highest BCUT2D eigenvalue weighted by molar-refractivity contribution is 6.30. The van der Waals surface area contributed by atoms with Crippen LogP contribution in [0.4, 0.5) is 16.2 Å². The van der Waals surface area contributed by atoms with E-state index in [0.717, 1.165) is 0 Å². The number of hydrogen-bond donors (Lipinski definition) is 2.